The molecule has 13 rings (SSSR count). The molecule has 0 aliphatic heterocycles. The first-order valence-electron chi connectivity index (χ1n) is 22.8. The Kier molecular flexibility index (Phi) is 8.56. The maximum absolute atomic E-state index is 5.43. The van der Waals surface area contributed by atoms with E-state index in [1.165, 1.54) is 82.6 Å². The standard InChI is InChI=1S/C63H43N3/c1-63(2)55-28-16-27-51(61(55)54-37-43-23-12-13-24-44(43)38-56(54)63)49-31-32-50(48-26-15-14-25-47(48)49)57-39-60(65-62(64-57)42-21-10-5-11-22-42)66-58-33-29-45(40-17-6-3-7-18-40)35-52(58)53-36-46(30-34-59(53)66)41-19-8-4-9-20-41/h3-39H,1-2H3. The minimum absolute atomic E-state index is 0.134. The third-order valence-electron chi connectivity index (χ3n) is 14.0. The van der Waals surface area contributed by atoms with Gasteiger partial charge in [0.1, 0.15) is 5.82 Å². The van der Waals surface area contributed by atoms with E-state index in [9.17, 15) is 0 Å². The molecular formula is C63H43N3. The molecule has 66 heavy (non-hydrogen) atoms. The van der Waals surface area contributed by atoms with Crippen LogP contribution in [0.1, 0.15) is 25.0 Å². The van der Waals surface area contributed by atoms with Gasteiger partial charge in [-0.1, -0.05) is 196 Å². The summed E-state index contributed by atoms with van der Waals surface area (Å²) < 4.78 is 2.33. The highest BCUT2D eigenvalue weighted by Gasteiger charge is 2.37. The fourth-order valence-corrected chi connectivity index (χ4v) is 10.7. The van der Waals surface area contributed by atoms with Crippen LogP contribution in [0.5, 0.6) is 0 Å². The Morgan fingerprint density at radius 3 is 1.53 bits per heavy atom. The van der Waals surface area contributed by atoms with Gasteiger partial charge in [-0.25, -0.2) is 9.97 Å². The summed E-state index contributed by atoms with van der Waals surface area (Å²) in [5.74, 6) is 1.50. The Balaban J connectivity index is 1.03. The van der Waals surface area contributed by atoms with Crippen molar-refractivity contribution in [1.82, 2.24) is 14.5 Å². The Morgan fingerprint density at radius 2 is 0.894 bits per heavy atom. The Morgan fingerprint density at radius 1 is 0.348 bits per heavy atom. The zero-order chi connectivity index (χ0) is 43.9. The first-order chi connectivity index (χ1) is 32.5. The molecule has 310 valence electrons. The molecule has 0 N–H and O–H groups in total. The van der Waals surface area contributed by atoms with Crippen molar-refractivity contribution in [3.8, 4) is 73.0 Å². The van der Waals surface area contributed by atoms with Gasteiger partial charge in [-0.3, -0.25) is 4.57 Å². The molecule has 0 fully saturated rings. The summed E-state index contributed by atoms with van der Waals surface area (Å²) in [5.41, 5.74) is 17.5. The van der Waals surface area contributed by atoms with E-state index in [0.29, 0.717) is 5.82 Å². The number of hydrogen-bond donors (Lipinski definition) is 0. The van der Waals surface area contributed by atoms with Crippen LogP contribution in [0.2, 0.25) is 0 Å². The molecule has 1 aliphatic rings. The lowest BCUT2D eigenvalue weighted by molar-refractivity contribution is 0.661. The number of aromatic nitrogens is 3. The van der Waals surface area contributed by atoms with E-state index in [2.05, 4.69) is 237 Å². The predicted octanol–water partition coefficient (Wildman–Crippen LogP) is 16.5. The van der Waals surface area contributed by atoms with Crippen LogP contribution in [0.3, 0.4) is 0 Å². The van der Waals surface area contributed by atoms with Crippen LogP contribution in [0.25, 0.3) is 116 Å². The lowest BCUT2D eigenvalue weighted by Gasteiger charge is -2.22. The molecule has 0 atom stereocenters. The fourth-order valence-electron chi connectivity index (χ4n) is 10.7. The molecule has 0 bridgehead atoms. The van der Waals surface area contributed by atoms with E-state index in [0.717, 1.165) is 39.1 Å². The molecule has 0 radical (unpaired) electrons. The Labute approximate surface area is 384 Å². The van der Waals surface area contributed by atoms with Crippen LogP contribution in [0.15, 0.2) is 224 Å². The van der Waals surface area contributed by atoms with Gasteiger partial charge in [-0.15, -0.1) is 0 Å². The van der Waals surface area contributed by atoms with Crippen molar-refractivity contribution in [2.24, 2.45) is 0 Å². The van der Waals surface area contributed by atoms with Crippen molar-refractivity contribution >= 4 is 43.4 Å². The topological polar surface area (TPSA) is 30.7 Å². The summed E-state index contributed by atoms with van der Waals surface area (Å²) in [6.07, 6.45) is 0. The largest absolute Gasteiger partial charge is 0.294 e. The molecule has 0 saturated heterocycles. The molecule has 3 nitrogen and oxygen atoms in total. The lowest BCUT2D eigenvalue weighted by atomic mass is 9.81. The van der Waals surface area contributed by atoms with Crippen LogP contribution in [-0.4, -0.2) is 14.5 Å². The van der Waals surface area contributed by atoms with Crippen LogP contribution >= 0.6 is 0 Å². The molecule has 2 heterocycles. The van der Waals surface area contributed by atoms with E-state index >= 15 is 0 Å². The minimum atomic E-state index is -0.134. The molecule has 0 saturated carbocycles. The summed E-state index contributed by atoms with van der Waals surface area (Å²) in [5, 5.41) is 7.23. The van der Waals surface area contributed by atoms with E-state index in [-0.39, 0.29) is 5.41 Å². The number of benzene rings is 10. The molecule has 1 aliphatic carbocycles. The van der Waals surface area contributed by atoms with Crippen LogP contribution in [0, 0.1) is 0 Å². The smallest absolute Gasteiger partial charge is 0.162 e. The second-order valence-electron chi connectivity index (χ2n) is 18.1. The van der Waals surface area contributed by atoms with Crippen LogP contribution in [0.4, 0.5) is 0 Å². The lowest BCUT2D eigenvalue weighted by Crippen LogP contribution is -2.14. The normalized spacial score (nSPS) is 12.8. The van der Waals surface area contributed by atoms with Crippen molar-refractivity contribution in [1.29, 1.82) is 0 Å². The van der Waals surface area contributed by atoms with Crippen molar-refractivity contribution in [3.05, 3.63) is 236 Å². The van der Waals surface area contributed by atoms with Gasteiger partial charge >= 0.3 is 0 Å². The molecule has 10 aromatic carbocycles. The van der Waals surface area contributed by atoms with E-state index in [1.807, 2.05) is 6.07 Å². The Hall–Kier alpha value is -8.40. The van der Waals surface area contributed by atoms with Gasteiger partial charge < -0.3 is 0 Å². The second-order valence-corrected chi connectivity index (χ2v) is 18.1. The third-order valence-corrected chi connectivity index (χ3v) is 14.0. The van der Waals surface area contributed by atoms with Gasteiger partial charge in [0.05, 0.1) is 16.7 Å². The van der Waals surface area contributed by atoms with Crippen molar-refractivity contribution < 1.29 is 0 Å². The van der Waals surface area contributed by atoms with Crippen LogP contribution in [-0.2, 0) is 5.41 Å². The SMILES string of the molecule is CC1(C)c2cc3ccccc3cc2-c2c(-c3ccc(-c4cc(-n5c6ccc(-c7ccccc7)cc6c6cc(-c7ccccc7)ccc65)nc(-c5ccccc5)n4)c4ccccc34)cccc21. The maximum atomic E-state index is 5.43. The Bertz CT molecular complexity index is 3790. The summed E-state index contributed by atoms with van der Waals surface area (Å²) >= 11 is 0. The first-order valence-corrected chi connectivity index (χ1v) is 22.8. The third kappa shape index (κ3) is 5.97. The predicted molar refractivity (Wildman–Crippen MR) is 276 cm³/mol. The average molecular weight is 842 g/mol. The number of rotatable bonds is 6. The zero-order valence-corrected chi connectivity index (χ0v) is 36.7. The van der Waals surface area contributed by atoms with Gasteiger partial charge in [0.25, 0.3) is 0 Å². The molecule has 3 heteroatoms. The van der Waals surface area contributed by atoms with Crippen molar-refractivity contribution in [3.63, 3.8) is 0 Å². The second kappa shape index (κ2) is 14.8. The van der Waals surface area contributed by atoms with Crippen molar-refractivity contribution in [2.45, 2.75) is 19.3 Å². The number of nitrogens with zero attached hydrogens (tertiary/aromatic N) is 3. The van der Waals surface area contributed by atoms with E-state index in [1.54, 1.807) is 0 Å². The molecule has 12 aromatic rings. The van der Waals surface area contributed by atoms with Gasteiger partial charge in [-0.2, -0.15) is 0 Å². The molecule has 0 amide bonds. The fraction of sp³-hybridized carbons (Fsp3) is 0.0476. The van der Waals surface area contributed by atoms with Crippen LogP contribution < -0.4 is 0 Å². The summed E-state index contributed by atoms with van der Waals surface area (Å²) in [4.78, 5) is 10.8. The molecule has 2 aromatic heterocycles. The highest BCUT2D eigenvalue weighted by atomic mass is 15.1. The summed E-state index contributed by atoms with van der Waals surface area (Å²) in [6, 6.07) is 81.4. The summed E-state index contributed by atoms with van der Waals surface area (Å²) in [6.45, 7) is 4.74. The quantitative estimate of drug-likeness (QED) is 0.167. The summed E-state index contributed by atoms with van der Waals surface area (Å²) in [7, 11) is 0. The van der Waals surface area contributed by atoms with E-state index < -0.39 is 0 Å². The van der Waals surface area contributed by atoms with Crippen molar-refractivity contribution in [2.75, 3.05) is 0 Å². The minimum Gasteiger partial charge on any atom is -0.294 e. The molecule has 0 spiro atoms. The maximum Gasteiger partial charge on any atom is 0.162 e. The first kappa shape index (κ1) is 38.1. The molecule has 0 unspecified atom stereocenters. The molecular weight excluding hydrogens is 799 g/mol. The highest BCUT2D eigenvalue weighted by molar-refractivity contribution is 6.12. The highest BCUT2D eigenvalue weighted by Crippen LogP contribution is 2.54. The zero-order valence-electron chi connectivity index (χ0n) is 36.7. The van der Waals surface area contributed by atoms with E-state index in [4.69, 9.17) is 9.97 Å². The average Bonchev–Trinajstić information content (AvgIpc) is 3.82. The van der Waals surface area contributed by atoms with Gasteiger partial charge in [0.15, 0.2) is 5.82 Å². The van der Waals surface area contributed by atoms with Gasteiger partial charge in [-0.05, 0) is 114 Å². The number of hydrogen-bond acceptors (Lipinski definition) is 2. The van der Waals surface area contributed by atoms with Gasteiger partial charge in [0, 0.05) is 33.4 Å². The number of fused-ring (bicyclic) bond motifs is 8. The van der Waals surface area contributed by atoms with Gasteiger partial charge in [0.2, 0.25) is 0 Å². The monoisotopic (exact) mass is 841 g/mol.